The molecule has 6 rings (SSSR count). The molecule has 10 heteroatoms. The highest BCUT2D eigenvalue weighted by Gasteiger charge is 2.47. The van der Waals surface area contributed by atoms with E-state index >= 15 is 0 Å². The van der Waals surface area contributed by atoms with Gasteiger partial charge in [-0.1, -0.05) is 0 Å². The van der Waals surface area contributed by atoms with Crippen LogP contribution in [0.1, 0.15) is 24.5 Å². The Labute approximate surface area is 218 Å². The summed E-state index contributed by atoms with van der Waals surface area (Å²) in [7, 11) is 1.62. The minimum atomic E-state index is -0.683. The maximum atomic E-state index is 12.8. The van der Waals surface area contributed by atoms with Crippen molar-refractivity contribution in [3.05, 3.63) is 54.2 Å². The van der Waals surface area contributed by atoms with E-state index in [0.29, 0.717) is 44.8 Å². The third-order valence-electron chi connectivity index (χ3n) is 7.42. The second kappa shape index (κ2) is 9.51. The molecule has 192 valence electrons. The molecular formula is C27H28N4O5S. The van der Waals surface area contributed by atoms with E-state index in [9.17, 15) is 14.7 Å². The van der Waals surface area contributed by atoms with Gasteiger partial charge in [-0.25, -0.2) is 4.79 Å². The average Bonchev–Trinajstić information content (AvgIpc) is 3.24. The third-order valence-corrected chi connectivity index (χ3v) is 8.49. The average molecular weight is 521 g/mol. The predicted molar refractivity (Wildman–Crippen MR) is 141 cm³/mol. The summed E-state index contributed by atoms with van der Waals surface area (Å²) in [4.78, 5) is 33.9. The van der Waals surface area contributed by atoms with Gasteiger partial charge in [-0.2, -0.15) is 0 Å². The summed E-state index contributed by atoms with van der Waals surface area (Å²) >= 11 is 1.49. The first-order valence-electron chi connectivity index (χ1n) is 12.3. The SMILES string of the molecule is COc1ccc2nccc([C@@H](O)CN3CCC4(CC3)CN(c3ccc5c(c3)NC(=O)CS5)C(=O)O4)c2c1. The molecule has 2 amide bonds. The molecule has 2 fully saturated rings. The molecule has 3 aliphatic heterocycles. The van der Waals surface area contributed by atoms with Crippen LogP contribution < -0.4 is 15.0 Å². The van der Waals surface area contributed by atoms with Crippen LogP contribution in [0.5, 0.6) is 5.75 Å². The van der Waals surface area contributed by atoms with Crippen LogP contribution in [0, 0.1) is 0 Å². The minimum Gasteiger partial charge on any atom is -0.497 e. The van der Waals surface area contributed by atoms with Crippen molar-refractivity contribution in [1.29, 1.82) is 0 Å². The number of nitrogens with zero attached hydrogens (tertiary/aromatic N) is 3. The van der Waals surface area contributed by atoms with Gasteiger partial charge in [0.15, 0.2) is 0 Å². The first-order chi connectivity index (χ1) is 17.9. The van der Waals surface area contributed by atoms with Crippen LogP contribution in [-0.4, -0.2) is 71.6 Å². The fourth-order valence-corrected chi connectivity index (χ4v) is 6.16. The summed E-state index contributed by atoms with van der Waals surface area (Å²) in [5.41, 5.74) is 2.54. The van der Waals surface area contributed by atoms with E-state index in [1.165, 1.54) is 11.8 Å². The van der Waals surface area contributed by atoms with Crippen LogP contribution in [0.4, 0.5) is 16.2 Å². The molecule has 2 aromatic carbocycles. The van der Waals surface area contributed by atoms with Gasteiger partial charge in [-0.3, -0.25) is 14.7 Å². The third kappa shape index (κ3) is 4.60. The van der Waals surface area contributed by atoms with Crippen LogP contribution in [0.15, 0.2) is 53.6 Å². The molecule has 4 heterocycles. The van der Waals surface area contributed by atoms with Gasteiger partial charge in [-0.15, -0.1) is 11.8 Å². The molecule has 1 aromatic heterocycles. The molecule has 0 unspecified atom stereocenters. The number of nitrogens with one attached hydrogen (secondary N) is 1. The lowest BCUT2D eigenvalue weighted by atomic mass is 9.90. The van der Waals surface area contributed by atoms with Crippen molar-refractivity contribution in [3.8, 4) is 5.75 Å². The van der Waals surface area contributed by atoms with Crippen LogP contribution in [0.3, 0.4) is 0 Å². The number of pyridine rings is 1. The van der Waals surface area contributed by atoms with Crippen LogP contribution >= 0.6 is 11.8 Å². The van der Waals surface area contributed by atoms with Crippen molar-refractivity contribution in [2.45, 2.75) is 29.4 Å². The number of rotatable bonds is 5. The summed E-state index contributed by atoms with van der Waals surface area (Å²) in [5, 5.41) is 14.9. The summed E-state index contributed by atoms with van der Waals surface area (Å²) in [6, 6.07) is 13.2. The summed E-state index contributed by atoms with van der Waals surface area (Å²) in [6.07, 6.45) is 2.04. The van der Waals surface area contributed by atoms with Crippen LogP contribution in [0.2, 0.25) is 0 Å². The highest BCUT2D eigenvalue weighted by molar-refractivity contribution is 8.00. The van der Waals surface area contributed by atoms with Gasteiger partial charge in [-0.05, 0) is 48.0 Å². The predicted octanol–water partition coefficient (Wildman–Crippen LogP) is 3.81. The van der Waals surface area contributed by atoms with E-state index in [0.717, 1.165) is 38.5 Å². The first kappa shape index (κ1) is 24.0. The minimum absolute atomic E-state index is 0.0384. The molecule has 0 bridgehead atoms. The highest BCUT2D eigenvalue weighted by atomic mass is 32.2. The number of aliphatic hydroxyl groups excluding tert-OH is 1. The molecule has 1 atom stereocenters. The number of aromatic nitrogens is 1. The Morgan fingerprint density at radius 3 is 2.84 bits per heavy atom. The number of hydrogen-bond acceptors (Lipinski definition) is 8. The second-order valence-corrected chi connectivity index (χ2v) is 10.8. The molecule has 37 heavy (non-hydrogen) atoms. The Kier molecular flexibility index (Phi) is 6.18. The summed E-state index contributed by atoms with van der Waals surface area (Å²) in [5.74, 6) is 1.09. The lowest BCUT2D eigenvalue weighted by molar-refractivity contribution is -0.113. The zero-order valence-corrected chi connectivity index (χ0v) is 21.3. The van der Waals surface area contributed by atoms with E-state index < -0.39 is 11.7 Å². The monoisotopic (exact) mass is 520 g/mol. The quantitative estimate of drug-likeness (QED) is 0.524. The zero-order valence-electron chi connectivity index (χ0n) is 20.5. The molecule has 3 aliphatic rings. The van der Waals surface area contributed by atoms with Gasteiger partial charge in [0, 0.05) is 54.6 Å². The van der Waals surface area contributed by atoms with Crippen molar-refractivity contribution in [2.24, 2.45) is 0 Å². The Hall–Kier alpha value is -3.34. The van der Waals surface area contributed by atoms with E-state index in [-0.39, 0.29) is 12.0 Å². The lowest BCUT2D eigenvalue weighted by Gasteiger charge is -2.38. The van der Waals surface area contributed by atoms with Gasteiger partial charge in [0.1, 0.15) is 11.4 Å². The number of benzene rings is 2. The topological polar surface area (TPSA) is 104 Å². The molecule has 2 N–H and O–H groups in total. The van der Waals surface area contributed by atoms with E-state index in [4.69, 9.17) is 9.47 Å². The number of amides is 2. The number of aliphatic hydroxyl groups is 1. The Morgan fingerprint density at radius 1 is 1.19 bits per heavy atom. The number of likely N-dealkylation sites (tertiary alicyclic amines) is 1. The lowest BCUT2D eigenvalue weighted by Crippen LogP contribution is -2.47. The maximum Gasteiger partial charge on any atom is 0.415 e. The van der Waals surface area contributed by atoms with E-state index in [1.54, 1.807) is 18.2 Å². The molecule has 3 aromatic rings. The Balaban J connectivity index is 1.12. The second-order valence-electron chi connectivity index (χ2n) is 9.75. The van der Waals surface area contributed by atoms with Gasteiger partial charge < -0.3 is 24.8 Å². The maximum absolute atomic E-state index is 12.8. The van der Waals surface area contributed by atoms with Crippen molar-refractivity contribution in [1.82, 2.24) is 9.88 Å². The summed E-state index contributed by atoms with van der Waals surface area (Å²) in [6.45, 7) is 2.37. The van der Waals surface area contributed by atoms with Gasteiger partial charge in [0.05, 0.1) is 36.7 Å². The van der Waals surface area contributed by atoms with Crippen molar-refractivity contribution < 1.29 is 24.2 Å². The molecule has 2 saturated heterocycles. The number of methoxy groups -OCH3 is 1. The van der Waals surface area contributed by atoms with Crippen LogP contribution in [0.25, 0.3) is 10.9 Å². The number of fused-ring (bicyclic) bond motifs is 2. The molecular weight excluding hydrogens is 492 g/mol. The molecule has 9 nitrogen and oxygen atoms in total. The Morgan fingerprint density at radius 2 is 2.03 bits per heavy atom. The van der Waals surface area contributed by atoms with Crippen molar-refractivity contribution in [3.63, 3.8) is 0 Å². The van der Waals surface area contributed by atoms with Crippen LogP contribution in [-0.2, 0) is 9.53 Å². The number of anilines is 2. The normalized spacial score (nSPS) is 20.0. The number of carbonyl (C=O) groups excluding carboxylic acids is 2. The molecule has 0 saturated carbocycles. The van der Waals surface area contributed by atoms with Gasteiger partial charge >= 0.3 is 6.09 Å². The molecule has 0 radical (unpaired) electrons. The highest BCUT2D eigenvalue weighted by Crippen LogP contribution is 2.39. The number of β-amino-alcohol motifs (C(OH)–C–C–N with tert-alkyl or cyclic N) is 1. The van der Waals surface area contributed by atoms with E-state index in [2.05, 4.69) is 15.2 Å². The summed E-state index contributed by atoms with van der Waals surface area (Å²) < 4.78 is 11.3. The fourth-order valence-electron chi connectivity index (χ4n) is 5.37. The number of hydrogen-bond donors (Lipinski definition) is 2. The Bertz CT molecular complexity index is 1370. The van der Waals surface area contributed by atoms with E-state index in [1.807, 2.05) is 42.5 Å². The van der Waals surface area contributed by atoms with Gasteiger partial charge in [0.25, 0.3) is 0 Å². The number of carbonyl (C=O) groups is 2. The molecule has 1 spiro atoms. The van der Waals surface area contributed by atoms with Crippen molar-refractivity contribution in [2.75, 3.05) is 49.3 Å². The standard InChI is InChI=1S/C27H28N4O5S/c1-35-18-3-4-21-20(13-18)19(6-9-28-21)23(32)14-30-10-7-27(8-11-30)16-31(26(34)36-27)17-2-5-24-22(12-17)29-25(33)15-37-24/h2-6,9,12-13,23,32H,7-8,10-11,14-16H2,1H3,(H,29,33)/t23-/m0/s1. The fraction of sp³-hybridized carbons (Fsp3) is 0.370. The largest absolute Gasteiger partial charge is 0.497 e. The number of thioether (sulfide) groups is 1. The molecule has 0 aliphatic carbocycles. The smallest absolute Gasteiger partial charge is 0.415 e. The number of ether oxygens (including phenoxy) is 2. The van der Waals surface area contributed by atoms with Gasteiger partial charge in [0.2, 0.25) is 5.91 Å². The van der Waals surface area contributed by atoms with Crippen molar-refractivity contribution >= 4 is 46.0 Å². The first-order valence-corrected chi connectivity index (χ1v) is 13.3. The zero-order chi connectivity index (χ0) is 25.6. The number of piperidine rings is 1.